The van der Waals surface area contributed by atoms with E-state index in [1.54, 1.807) is 28.7 Å². The third-order valence-electron chi connectivity index (χ3n) is 3.27. The number of carbonyl (C=O) groups excluding carboxylic acids is 1. The highest BCUT2D eigenvalue weighted by atomic mass is 32.1. The molecule has 3 heterocycles. The minimum absolute atomic E-state index is 0.103. The number of rotatable bonds is 4. The van der Waals surface area contributed by atoms with E-state index in [0.717, 1.165) is 16.2 Å². The van der Waals surface area contributed by atoms with Gasteiger partial charge in [-0.2, -0.15) is 11.3 Å². The maximum atomic E-state index is 12.5. The molecule has 1 N–H and O–H groups in total. The lowest BCUT2D eigenvalue weighted by Crippen LogP contribution is -2.28. The van der Waals surface area contributed by atoms with E-state index >= 15 is 0 Å². The second-order valence-electron chi connectivity index (χ2n) is 4.81. The molecular formula is C16H15NO2S2. The fourth-order valence-corrected chi connectivity index (χ4v) is 3.77. The smallest absolute Gasteiger partial charge is 0.255 e. The van der Waals surface area contributed by atoms with E-state index in [9.17, 15) is 4.79 Å². The van der Waals surface area contributed by atoms with Crippen molar-refractivity contribution in [2.45, 2.75) is 19.9 Å². The third kappa shape index (κ3) is 2.94. The Bertz CT molecular complexity index is 692. The van der Waals surface area contributed by atoms with Crippen LogP contribution in [0.25, 0.3) is 0 Å². The maximum absolute atomic E-state index is 12.5. The van der Waals surface area contributed by atoms with Gasteiger partial charge in [0.1, 0.15) is 11.5 Å². The molecular weight excluding hydrogens is 302 g/mol. The Kier molecular flexibility index (Phi) is 3.94. The number of hydrogen-bond donors (Lipinski definition) is 1. The minimum Gasteiger partial charge on any atom is -0.466 e. The number of hydrogen-bond acceptors (Lipinski definition) is 4. The molecule has 0 fully saturated rings. The quantitative estimate of drug-likeness (QED) is 0.767. The fraction of sp³-hybridized carbons (Fsp3) is 0.188. The highest BCUT2D eigenvalue weighted by molar-refractivity contribution is 7.10. The van der Waals surface area contributed by atoms with Crippen molar-refractivity contribution in [2.75, 3.05) is 0 Å². The molecule has 0 aliphatic heterocycles. The summed E-state index contributed by atoms with van der Waals surface area (Å²) in [6.45, 7) is 3.66. The Labute approximate surface area is 131 Å². The van der Waals surface area contributed by atoms with Crippen molar-refractivity contribution in [2.24, 2.45) is 0 Å². The molecule has 0 saturated heterocycles. The van der Waals surface area contributed by atoms with Crippen molar-refractivity contribution in [3.05, 3.63) is 67.9 Å². The molecule has 5 heteroatoms. The summed E-state index contributed by atoms with van der Waals surface area (Å²) in [4.78, 5) is 13.6. The zero-order valence-corrected chi connectivity index (χ0v) is 13.4. The Morgan fingerprint density at radius 2 is 2.14 bits per heavy atom. The first-order chi connectivity index (χ1) is 10.1. The number of amides is 1. The lowest BCUT2D eigenvalue weighted by Gasteiger charge is -2.16. The van der Waals surface area contributed by atoms with Crippen molar-refractivity contribution in [1.29, 1.82) is 0 Å². The standard InChI is InChI=1S/C16H15NO2S2/c1-10-8-13(11(2)19-10)16(18)17-15(12-5-7-20-9-12)14-4-3-6-21-14/h3-9,15H,1-2H3,(H,17,18). The summed E-state index contributed by atoms with van der Waals surface area (Å²) in [5.41, 5.74) is 1.71. The van der Waals surface area contributed by atoms with Crippen LogP contribution in [0.2, 0.25) is 0 Å². The largest absolute Gasteiger partial charge is 0.466 e. The molecule has 1 unspecified atom stereocenters. The summed E-state index contributed by atoms with van der Waals surface area (Å²) in [5, 5.41) is 9.22. The van der Waals surface area contributed by atoms with Gasteiger partial charge in [-0.05, 0) is 53.8 Å². The fourth-order valence-electron chi connectivity index (χ4n) is 2.28. The van der Waals surface area contributed by atoms with Gasteiger partial charge in [-0.1, -0.05) is 6.07 Å². The Balaban J connectivity index is 1.89. The van der Waals surface area contributed by atoms with Crippen molar-refractivity contribution in [1.82, 2.24) is 5.32 Å². The number of carbonyl (C=O) groups is 1. The summed E-state index contributed by atoms with van der Waals surface area (Å²) in [5.74, 6) is 1.30. The Morgan fingerprint density at radius 1 is 1.29 bits per heavy atom. The average molecular weight is 317 g/mol. The molecule has 0 spiro atoms. The molecule has 0 bridgehead atoms. The summed E-state index contributed by atoms with van der Waals surface area (Å²) in [6, 6.07) is 7.75. The summed E-state index contributed by atoms with van der Waals surface area (Å²) < 4.78 is 5.44. The van der Waals surface area contributed by atoms with Crippen LogP contribution in [0.3, 0.4) is 0 Å². The molecule has 3 aromatic heterocycles. The summed E-state index contributed by atoms with van der Waals surface area (Å²) in [6.07, 6.45) is 0. The van der Waals surface area contributed by atoms with E-state index in [0.29, 0.717) is 11.3 Å². The maximum Gasteiger partial charge on any atom is 0.255 e. The summed E-state index contributed by atoms with van der Waals surface area (Å²) >= 11 is 3.27. The van der Waals surface area contributed by atoms with Crippen LogP contribution in [0.5, 0.6) is 0 Å². The lowest BCUT2D eigenvalue weighted by molar-refractivity contribution is 0.0942. The zero-order valence-electron chi connectivity index (χ0n) is 11.8. The molecule has 108 valence electrons. The molecule has 0 saturated carbocycles. The van der Waals surface area contributed by atoms with Crippen molar-refractivity contribution in [3.8, 4) is 0 Å². The van der Waals surface area contributed by atoms with Gasteiger partial charge < -0.3 is 9.73 Å². The van der Waals surface area contributed by atoms with Gasteiger partial charge in [0.05, 0.1) is 11.6 Å². The van der Waals surface area contributed by atoms with E-state index in [1.165, 1.54) is 0 Å². The molecule has 1 amide bonds. The molecule has 3 aromatic rings. The number of thiophene rings is 2. The monoisotopic (exact) mass is 317 g/mol. The predicted octanol–water partition coefficient (Wildman–Crippen LogP) is 4.54. The molecule has 0 aliphatic carbocycles. The molecule has 0 aliphatic rings. The predicted molar refractivity (Wildman–Crippen MR) is 86.1 cm³/mol. The summed E-state index contributed by atoms with van der Waals surface area (Å²) in [7, 11) is 0. The van der Waals surface area contributed by atoms with Crippen LogP contribution in [-0.4, -0.2) is 5.91 Å². The van der Waals surface area contributed by atoms with Crippen molar-refractivity contribution >= 4 is 28.6 Å². The van der Waals surface area contributed by atoms with E-state index in [-0.39, 0.29) is 11.9 Å². The van der Waals surface area contributed by atoms with Gasteiger partial charge in [-0.25, -0.2) is 0 Å². The first-order valence-corrected chi connectivity index (χ1v) is 8.41. The molecule has 0 aromatic carbocycles. The minimum atomic E-state index is -0.113. The molecule has 3 nitrogen and oxygen atoms in total. The average Bonchev–Trinajstić information content (AvgIpc) is 3.17. The van der Waals surface area contributed by atoms with Gasteiger partial charge in [0.25, 0.3) is 5.91 Å². The van der Waals surface area contributed by atoms with E-state index in [4.69, 9.17) is 4.42 Å². The van der Waals surface area contributed by atoms with Crippen LogP contribution < -0.4 is 5.32 Å². The van der Waals surface area contributed by atoms with Crippen molar-refractivity contribution < 1.29 is 9.21 Å². The number of nitrogens with one attached hydrogen (secondary N) is 1. The molecule has 1 atom stereocenters. The van der Waals surface area contributed by atoms with E-state index < -0.39 is 0 Å². The van der Waals surface area contributed by atoms with Gasteiger partial charge in [-0.3, -0.25) is 4.79 Å². The number of aryl methyl sites for hydroxylation is 2. The van der Waals surface area contributed by atoms with E-state index in [2.05, 4.69) is 10.7 Å². The van der Waals surface area contributed by atoms with Crippen molar-refractivity contribution in [3.63, 3.8) is 0 Å². The van der Waals surface area contributed by atoms with E-state index in [1.807, 2.05) is 42.8 Å². The third-order valence-corrected chi connectivity index (χ3v) is 4.90. The van der Waals surface area contributed by atoms with Gasteiger partial charge in [0.2, 0.25) is 0 Å². The highest BCUT2D eigenvalue weighted by Crippen LogP contribution is 2.28. The topological polar surface area (TPSA) is 42.2 Å². The number of furan rings is 1. The zero-order chi connectivity index (χ0) is 14.8. The molecule has 3 rings (SSSR count). The highest BCUT2D eigenvalue weighted by Gasteiger charge is 2.21. The molecule has 21 heavy (non-hydrogen) atoms. The first kappa shape index (κ1) is 14.1. The molecule has 0 radical (unpaired) electrons. The SMILES string of the molecule is Cc1cc(C(=O)NC(c2ccsc2)c2cccs2)c(C)o1. The second kappa shape index (κ2) is 5.87. The van der Waals surface area contributed by atoms with Gasteiger partial charge in [0, 0.05) is 4.88 Å². The lowest BCUT2D eigenvalue weighted by atomic mass is 10.1. The van der Waals surface area contributed by atoms with Crippen LogP contribution in [0.1, 0.15) is 38.4 Å². The Morgan fingerprint density at radius 3 is 2.71 bits per heavy atom. The van der Waals surface area contributed by atoms with Crippen LogP contribution in [-0.2, 0) is 0 Å². The van der Waals surface area contributed by atoms with Crippen LogP contribution in [0, 0.1) is 13.8 Å². The van der Waals surface area contributed by atoms with Gasteiger partial charge >= 0.3 is 0 Å². The Hall–Kier alpha value is -1.85. The van der Waals surface area contributed by atoms with Crippen LogP contribution in [0.15, 0.2) is 44.8 Å². The van der Waals surface area contributed by atoms with Gasteiger partial charge in [0.15, 0.2) is 0 Å². The first-order valence-electron chi connectivity index (χ1n) is 6.58. The second-order valence-corrected chi connectivity index (χ2v) is 6.56. The van der Waals surface area contributed by atoms with Crippen LogP contribution >= 0.6 is 22.7 Å². The van der Waals surface area contributed by atoms with Gasteiger partial charge in [-0.15, -0.1) is 11.3 Å². The normalized spacial score (nSPS) is 12.3. The van der Waals surface area contributed by atoms with Crippen LogP contribution in [0.4, 0.5) is 0 Å².